The summed E-state index contributed by atoms with van der Waals surface area (Å²) in [6.07, 6.45) is -4.68. The molecule has 32 heavy (non-hydrogen) atoms. The van der Waals surface area contributed by atoms with Crippen molar-refractivity contribution >= 4 is 34.1 Å². The van der Waals surface area contributed by atoms with E-state index in [4.69, 9.17) is 0 Å². The van der Waals surface area contributed by atoms with Crippen molar-refractivity contribution in [3.05, 3.63) is 72.3 Å². The van der Waals surface area contributed by atoms with Gasteiger partial charge in [-0.3, -0.25) is 0 Å². The second-order valence-corrected chi connectivity index (χ2v) is 8.44. The average Bonchev–Trinajstić information content (AvgIpc) is 3.18. The number of rotatable bonds is 2. The van der Waals surface area contributed by atoms with Gasteiger partial charge in [-0.05, 0) is 56.3 Å². The molecule has 0 radical (unpaired) electrons. The van der Waals surface area contributed by atoms with E-state index in [-0.39, 0.29) is 12.3 Å². The van der Waals surface area contributed by atoms with Crippen LogP contribution in [0.4, 0.5) is 47.3 Å². The lowest BCUT2D eigenvalue weighted by Crippen LogP contribution is -2.37. The van der Waals surface area contributed by atoms with Crippen molar-refractivity contribution in [2.45, 2.75) is 32.4 Å². The standard InChI is InChI=1S/C25H25F3N4/c1-16-29(3)21-9-5-7-11-23(21)31(16)19-13-18(25(26,27)28)14-20(15-19)32-17(2)30(4)22-10-6-8-12-24(22)32/h5-17H,1-4H3/t16-,17+. The van der Waals surface area contributed by atoms with Gasteiger partial charge in [0.25, 0.3) is 0 Å². The lowest BCUT2D eigenvalue weighted by molar-refractivity contribution is -0.137. The maximum atomic E-state index is 14.0. The summed E-state index contributed by atoms with van der Waals surface area (Å²) in [5.41, 5.74) is 4.21. The summed E-state index contributed by atoms with van der Waals surface area (Å²) in [4.78, 5) is 8.11. The summed E-state index contributed by atoms with van der Waals surface area (Å²) in [5, 5.41) is 0. The smallest absolute Gasteiger partial charge is 0.353 e. The van der Waals surface area contributed by atoms with Crippen molar-refractivity contribution in [1.82, 2.24) is 0 Å². The summed E-state index contributed by atoms with van der Waals surface area (Å²) in [5.74, 6) is 0. The monoisotopic (exact) mass is 438 g/mol. The van der Waals surface area contributed by atoms with Gasteiger partial charge in [0.15, 0.2) is 0 Å². The van der Waals surface area contributed by atoms with Gasteiger partial charge >= 0.3 is 6.18 Å². The second kappa shape index (κ2) is 7.08. The highest BCUT2D eigenvalue weighted by atomic mass is 19.4. The first-order valence-corrected chi connectivity index (χ1v) is 10.6. The molecule has 2 heterocycles. The minimum atomic E-state index is -4.45. The molecular formula is C25H25F3N4. The van der Waals surface area contributed by atoms with Gasteiger partial charge in [0.05, 0.1) is 28.3 Å². The van der Waals surface area contributed by atoms with Crippen LogP contribution >= 0.6 is 0 Å². The first kappa shape index (κ1) is 20.5. The van der Waals surface area contributed by atoms with E-state index in [1.165, 1.54) is 12.1 Å². The Kier molecular flexibility index (Phi) is 4.55. The summed E-state index contributed by atoms with van der Waals surface area (Å²) < 4.78 is 42.0. The second-order valence-electron chi connectivity index (χ2n) is 8.44. The molecule has 0 amide bonds. The molecule has 3 aromatic rings. The Morgan fingerprint density at radius 3 is 1.38 bits per heavy atom. The zero-order valence-corrected chi connectivity index (χ0v) is 18.4. The minimum Gasteiger partial charge on any atom is -0.353 e. The van der Waals surface area contributed by atoms with E-state index in [0.717, 1.165) is 22.7 Å². The normalized spacial score (nSPS) is 20.1. The number of benzene rings is 3. The first-order valence-electron chi connectivity index (χ1n) is 10.6. The maximum absolute atomic E-state index is 14.0. The van der Waals surface area contributed by atoms with Crippen LogP contribution in [0.1, 0.15) is 19.4 Å². The van der Waals surface area contributed by atoms with Crippen LogP contribution in [0.25, 0.3) is 0 Å². The van der Waals surface area contributed by atoms with Crippen LogP contribution in [-0.4, -0.2) is 26.4 Å². The predicted octanol–water partition coefficient (Wildman–Crippen LogP) is 6.57. The number of alkyl halides is 3. The third kappa shape index (κ3) is 2.98. The number of fused-ring (bicyclic) bond motifs is 2. The Morgan fingerprint density at radius 2 is 1.00 bits per heavy atom. The van der Waals surface area contributed by atoms with E-state index < -0.39 is 11.7 Å². The highest BCUT2D eigenvalue weighted by Crippen LogP contribution is 2.48. The zero-order valence-electron chi connectivity index (χ0n) is 18.4. The molecule has 5 rings (SSSR count). The van der Waals surface area contributed by atoms with Crippen LogP contribution in [0, 0.1) is 0 Å². The molecule has 0 saturated heterocycles. The highest BCUT2D eigenvalue weighted by molar-refractivity contribution is 5.87. The van der Waals surface area contributed by atoms with Gasteiger partial charge in [-0.1, -0.05) is 24.3 Å². The number of anilines is 6. The predicted molar refractivity (Wildman–Crippen MR) is 124 cm³/mol. The Hall–Kier alpha value is -3.35. The lowest BCUT2D eigenvalue weighted by atomic mass is 10.1. The molecule has 0 fully saturated rings. The largest absolute Gasteiger partial charge is 0.416 e. The third-order valence-electron chi connectivity index (χ3n) is 6.70. The Morgan fingerprint density at radius 1 is 0.625 bits per heavy atom. The van der Waals surface area contributed by atoms with E-state index in [9.17, 15) is 13.2 Å². The Balaban J connectivity index is 1.70. The molecule has 0 aliphatic carbocycles. The van der Waals surface area contributed by atoms with Crippen LogP contribution in [0.2, 0.25) is 0 Å². The van der Waals surface area contributed by atoms with Gasteiger partial charge in [-0.2, -0.15) is 13.2 Å². The van der Waals surface area contributed by atoms with Crippen molar-refractivity contribution < 1.29 is 13.2 Å². The zero-order chi connectivity index (χ0) is 22.8. The molecule has 2 aliphatic heterocycles. The van der Waals surface area contributed by atoms with Gasteiger partial charge in [-0.25, -0.2) is 0 Å². The van der Waals surface area contributed by atoms with Crippen LogP contribution in [0.5, 0.6) is 0 Å². The van der Waals surface area contributed by atoms with Crippen molar-refractivity contribution in [3.8, 4) is 0 Å². The van der Waals surface area contributed by atoms with Crippen LogP contribution in [0.15, 0.2) is 66.7 Å². The maximum Gasteiger partial charge on any atom is 0.416 e. The Labute approximate surface area is 186 Å². The summed E-state index contributed by atoms with van der Waals surface area (Å²) in [6.45, 7) is 4.00. The fourth-order valence-corrected chi connectivity index (χ4v) is 4.83. The van der Waals surface area contributed by atoms with Gasteiger partial charge in [0, 0.05) is 25.5 Å². The van der Waals surface area contributed by atoms with Gasteiger partial charge in [0.2, 0.25) is 0 Å². The SMILES string of the molecule is C[C@@H]1N(C)c2ccccc2N1c1cc(N2c3ccccc3N(C)[C@@H]2C)cc(C(F)(F)F)c1. The molecule has 3 aromatic carbocycles. The highest BCUT2D eigenvalue weighted by Gasteiger charge is 2.38. The lowest BCUT2D eigenvalue weighted by Gasteiger charge is -2.32. The van der Waals surface area contributed by atoms with Crippen molar-refractivity contribution in [2.24, 2.45) is 0 Å². The van der Waals surface area contributed by atoms with Gasteiger partial charge in [-0.15, -0.1) is 0 Å². The summed E-state index contributed by atoms with van der Waals surface area (Å²) in [7, 11) is 3.93. The molecule has 2 aliphatic rings. The average molecular weight is 438 g/mol. The molecule has 166 valence electrons. The molecule has 7 heteroatoms. The van der Waals surface area contributed by atoms with Gasteiger partial charge in [0.1, 0.15) is 12.3 Å². The molecular weight excluding hydrogens is 413 g/mol. The molecule has 0 bridgehead atoms. The number of hydrogen-bond donors (Lipinski definition) is 0. The fraction of sp³-hybridized carbons (Fsp3) is 0.280. The van der Waals surface area contributed by atoms with E-state index >= 15 is 0 Å². The van der Waals surface area contributed by atoms with E-state index in [2.05, 4.69) is 9.80 Å². The number of para-hydroxylation sites is 4. The van der Waals surface area contributed by atoms with Crippen molar-refractivity contribution in [2.75, 3.05) is 33.7 Å². The van der Waals surface area contributed by atoms with Crippen molar-refractivity contribution in [3.63, 3.8) is 0 Å². The van der Waals surface area contributed by atoms with E-state index in [1.807, 2.05) is 92.3 Å². The summed E-state index contributed by atoms with van der Waals surface area (Å²) in [6, 6.07) is 20.0. The molecule has 0 aromatic heterocycles. The fourth-order valence-electron chi connectivity index (χ4n) is 4.83. The Bertz CT molecular complexity index is 1090. The van der Waals surface area contributed by atoms with E-state index in [1.54, 1.807) is 0 Å². The van der Waals surface area contributed by atoms with Crippen LogP contribution in [0.3, 0.4) is 0 Å². The minimum absolute atomic E-state index is 0.116. The first-order chi connectivity index (χ1) is 15.2. The number of halogens is 3. The number of hydrogen-bond acceptors (Lipinski definition) is 4. The molecule has 2 atom stereocenters. The molecule has 4 nitrogen and oxygen atoms in total. The van der Waals surface area contributed by atoms with Crippen LogP contribution in [-0.2, 0) is 6.18 Å². The summed E-state index contributed by atoms with van der Waals surface area (Å²) >= 11 is 0. The molecule has 0 unspecified atom stereocenters. The molecule has 0 N–H and O–H groups in total. The van der Waals surface area contributed by atoms with Gasteiger partial charge < -0.3 is 19.6 Å². The topological polar surface area (TPSA) is 13.0 Å². The van der Waals surface area contributed by atoms with E-state index in [0.29, 0.717) is 11.4 Å². The number of nitrogens with zero attached hydrogens (tertiary/aromatic N) is 4. The molecule has 0 saturated carbocycles. The third-order valence-corrected chi connectivity index (χ3v) is 6.70. The quantitative estimate of drug-likeness (QED) is 0.448. The molecule has 0 spiro atoms. The van der Waals surface area contributed by atoms with Crippen LogP contribution < -0.4 is 19.6 Å². The van der Waals surface area contributed by atoms with Crippen molar-refractivity contribution in [1.29, 1.82) is 0 Å².